The second kappa shape index (κ2) is 9.22. The summed E-state index contributed by atoms with van der Waals surface area (Å²) in [4.78, 5) is 12.8. The van der Waals surface area contributed by atoms with Gasteiger partial charge in [0.1, 0.15) is 6.26 Å². The van der Waals surface area contributed by atoms with Gasteiger partial charge in [0.25, 0.3) is 0 Å². The number of rotatable bonds is 7. The summed E-state index contributed by atoms with van der Waals surface area (Å²) in [5, 5.41) is 12.0. The van der Waals surface area contributed by atoms with Gasteiger partial charge in [-0.15, -0.1) is 10.2 Å². The highest BCUT2D eigenvalue weighted by molar-refractivity contribution is 8.00. The summed E-state index contributed by atoms with van der Waals surface area (Å²) in [6.07, 6.45) is 3.24. The van der Waals surface area contributed by atoms with Gasteiger partial charge >= 0.3 is 0 Å². The largest absolute Gasteiger partial charge is 0.472 e. The van der Waals surface area contributed by atoms with Crippen molar-refractivity contribution in [3.05, 3.63) is 78.8 Å². The number of thioether (sulfide) groups is 1. The normalized spacial score (nSPS) is 12.1. The fourth-order valence-electron chi connectivity index (χ4n) is 3.14. The lowest BCUT2D eigenvalue weighted by atomic mass is 10.0. The Morgan fingerprint density at radius 1 is 1.00 bits per heavy atom. The van der Waals surface area contributed by atoms with Crippen molar-refractivity contribution >= 4 is 23.4 Å². The average molecular weight is 433 g/mol. The van der Waals surface area contributed by atoms with Crippen LogP contribution in [0.4, 0.5) is 5.69 Å². The van der Waals surface area contributed by atoms with Crippen molar-refractivity contribution in [2.24, 2.45) is 0 Å². The van der Waals surface area contributed by atoms with Gasteiger partial charge in [-0.3, -0.25) is 9.36 Å². The van der Waals surface area contributed by atoms with Crippen molar-refractivity contribution in [3.63, 3.8) is 0 Å². The molecule has 1 N–H and O–H groups in total. The zero-order valence-corrected chi connectivity index (χ0v) is 18.5. The number of carbonyl (C=O) groups is 1. The fourth-order valence-corrected chi connectivity index (χ4v) is 4.01. The summed E-state index contributed by atoms with van der Waals surface area (Å²) in [5.41, 5.74) is 3.77. The van der Waals surface area contributed by atoms with Crippen LogP contribution in [0.5, 0.6) is 0 Å². The Hall–Kier alpha value is -3.32. The first-order valence-corrected chi connectivity index (χ1v) is 11.0. The van der Waals surface area contributed by atoms with Crippen LogP contribution in [0.1, 0.15) is 32.3 Å². The first-order valence-electron chi connectivity index (χ1n) is 10.1. The van der Waals surface area contributed by atoms with E-state index in [4.69, 9.17) is 4.42 Å². The van der Waals surface area contributed by atoms with Gasteiger partial charge in [-0.1, -0.05) is 55.9 Å². The van der Waals surface area contributed by atoms with E-state index in [-0.39, 0.29) is 11.2 Å². The Morgan fingerprint density at radius 2 is 1.74 bits per heavy atom. The third kappa shape index (κ3) is 4.72. The van der Waals surface area contributed by atoms with Crippen LogP contribution in [-0.4, -0.2) is 25.9 Å². The Bertz CT molecular complexity index is 1140. The van der Waals surface area contributed by atoms with E-state index < -0.39 is 0 Å². The van der Waals surface area contributed by atoms with Gasteiger partial charge in [0.2, 0.25) is 5.91 Å². The smallest absolute Gasteiger partial charge is 0.237 e. The molecule has 1 atom stereocenters. The first kappa shape index (κ1) is 20.9. The molecule has 2 aromatic carbocycles. The molecule has 1 amide bonds. The third-order valence-corrected chi connectivity index (χ3v) is 5.97. The van der Waals surface area contributed by atoms with Crippen molar-refractivity contribution < 1.29 is 9.21 Å². The number of hydrogen-bond donors (Lipinski definition) is 1. The van der Waals surface area contributed by atoms with E-state index >= 15 is 0 Å². The van der Waals surface area contributed by atoms with Gasteiger partial charge < -0.3 is 9.73 Å². The van der Waals surface area contributed by atoms with E-state index in [0.29, 0.717) is 16.9 Å². The number of aromatic nitrogens is 3. The van der Waals surface area contributed by atoms with E-state index in [0.717, 1.165) is 16.9 Å². The Morgan fingerprint density at radius 3 is 2.39 bits per heavy atom. The van der Waals surface area contributed by atoms with Crippen molar-refractivity contribution in [2.75, 3.05) is 5.32 Å². The van der Waals surface area contributed by atoms with Gasteiger partial charge in [0, 0.05) is 11.4 Å². The summed E-state index contributed by atoms with van der Waals surface area (Å²) < 4.78 is 7.17. The summed E-state index contributed by atoms with van der Waals surface area (Å²) in [6, 6.07) is 19.6. The van der Waals surface area contributed by atoms with Gasteiger partial charge in [-0.05, 0) is 48.7 Å². The number of nitrogens with one attached hydrogen (secondary N) is 1. The molecular weight excluding hydrogens is 408 g/mol. The molecular formula is C24H24N4O2S. The standard InChI is InChI=1S/C24H24N4O2S/c1-16(2)18-9-11-20(12-10-18)25-23(29)17(3)31-24-27-26-22(19-13-14-30-15-19)28(24)21-7-5-4-6-8-21/h4-17H,1-3H3,(H,25,29). The zero-order valence-electron chi connectivity index (χ0n) is 17.6. The monoisotopic (exact) mass is 432 g/mol. The van der Waals surface area contributed by atoms with Gasteiger partial charge in [0.05, 0.1) is 17.1 Å². The van der Waals surface area contributed by atoms with Crippen LogP contribution >= 0.6 is 11.8 Å². The highest BCUT2D eigenvalue weighted by Gasteiger charge is 2.22. The third-order valence-electron chi connectivity index (χ3n) is 4.92. The van der Waals surface area contributed by atoms with Crippen LogP contribution in [0.2, 0.25) is 0 Å². The number of nitrogens with zero attached hydrogens (tertiary/aromatic N) is 3. The summed E-state index contributed by atoms with van der Waals surface area (Å²) in [6.45, 7) is 6.16. The van der Waals surface area contributed by atoms with Gasteiger partial charge in [-0.25, -0.2) is 0 Å². The van der Waals surface area contributed by atoms with E-state index in [2.05, 4.69) is 29.4 Å². The van der Waals surface area contributed by atoms with Crippen LogP contribution in [-0.2, 0) is 4.79 Å². The number of para-hydroxylation sites is 1. The molecule has 0 bridgehead atoms. The molecule has 0 aliphatic carbocycles. The molecule has 7 heteroatoms. The molecule has 1 unspecified atom stereocenters. The topological polar surface area (TPSA) is 73.0 Å². The van der Waals surface area contributed by atoms with E-state index in [1.807, 2.05) is 72.2 Å². The van der Waals surface area contributed by atoms with E-state index in [1.165, 1.54) is 17.3 Å². The molecule has 6 nitrogen and oxygen atoms in total. The molecule has 2 aromatic heterocycles. The van der Waals surface area contributed by atoms with Crippen LogP contribution in [0.25, 0.3) is 17.1 Å². The maximum atomic E-state index is 12.8. The number of benzene rings is 2. The van der Waals surface area contributed by atoms with Crippen LogP contribution in [0.15, 0.2) is 82.8 Å². The molecule has 4 rings (SSSR count). The molecule has 0 spiro atoms. The van der Waals surface area contributed by atoms with Crippen molar-refractivity contribution in [2.45, 2.75) is 37.1 Å². The minimum absolute atomic E-state index is 0.0882. The van der Waals surface area contributed by atoms with Gasteiger partial charge in [0.15, 0.2) is 11.0 Å². The zero-order chi connectivity index (χ0) is 21.8. The molecule has 0 aliphatic heterocycles. The summed E-state index contributed by atoms with van der Waals surface area (Å²) >= 11 is 1.37. The Kier molecular flexibility index (Phi) is 6.23. The van der Waals surface area contributed by atoms with E-state index in [1.54, 1.807) is 12.5 Å². The molecule has 0 radical (unpaired) electrons. The minimum Gasteiger partial charge on any atom is -0.472 e. The number of amides is 1. The lowest BCUT2D eigenvalue weighted by Crippen LogP contribution is -2.22. The predicted octanol–water partition coefficient (Wildman–Crippen LogP) is 5.77. The predicted molar refractivity (Wildman–Crippen MR) is 124 cm³/mol. The number of anilines is 1. The summed E-state index contributed by atoms with van der Waals surface area (Å²) in [7, 11) is 0. The fraction of sp³-hybridized carbons (Fsp3) is 0.208. The lowest BCUT2D eigenvalue weighted by molar-refractivity contribution is -0.115. The van der Waals surface area contributed by atoms with E-state index in [9.17, 15) is 4.79 Å². The molecule has 158 valence electrons. The highest BCUT2D eigenvalue weighted by Crippen LogP contribution is 2.30. The summed E-state index contributed by atoms with van der Waals surface area (Å²) in [5.74, 6) is 1.03. The SMILES string of the molecule is CC(Sc1nnc(-c2ccoc2)n1-c1ccccc1)C(=O)Nc1ccc(C(C)C)cc1. The molecule has 4 aromatic rings. The van der Waals surface area contributed by atoms with Crippen LogP contribution < -0.4 is 5.32 Å². The van der Waals surface area contributed by atoms with Gasteiger partial charge in [-0.2, -0.15) is 0 Å². The second-order valence-electron chi connectivity index (χ2n) is 7.52. The number of hydrogen-bond acceptors (Lipinski definition) is 5. The second-order valence-corrected chi connectivity index (χ2v) is 8.82. The number of furan rings is 1. The average Bonchev–Trinajstić information content (AvgIpc) is 3.44. The molecule has 2 heterocycles. The Labute approximate surface area is 185 Å². The molecule has 0 aliphatic rings. The molecule has 0 fully saturated rings. The van der Waals surface area contributed by atoms with Crippen molar-refractivity contribution in [3.8, 4) is 17.1 Å². The van der Waals surface area contributed by atoms with Crippen molar-refractivity contribution in [1.82, 2.24) is 14.8 Å². The molecule has 31 heavy (non-hydrogen) atoms. The van der Waals surface area contributed by atoms with Crippen molar-refractivity contribution in [1.29, 1.82) is 0 Å². The Balaban J connectivity index is 1.55. The van der Waals surface area contributed by atoms with Crippen LogP contribution in [0, 0.1) is 0 Å². The quantitative estimate of drug-likeness (QED) is 0.375. The first-order chi connectivity index (χ1) is 15.0. The highest BCUT2D eigenvalue weighted by atomic mass is 32.2. The van der Waals surface area contributed by atoms with Crippen LogP contribution in [0.3, 0.4) is 0 Å². The maximum Gasteiger partial charge on any atom is 0.237 e. The lowest BCUT2D eigenvalue weighted by Gasteiger charge is -2.14. The minimum atomic E-state index is -0.367. The molecule has 0 saturated carbocycles. The number of carbonyl (C=O) groups excluding carboxylic acids is 1. The molecule has 0 saturated heterocycles. The maximum absolute atomic E-state index is 12.8.